The zero-order chi connectivity index (χ0) is 20.2. The molecule has 0 aromatic carbocycles. The van der Waals surface area contributed by atoms with Gasteiger partial charge in [-0.25, -0.2) is 4.79 Å². The Hall–Kier alpha value is -2.23. The Morgan fingerprint density at radius 2 is 2.14 bits per heavy atom. The molecule has 0 spiro atoms. The topological polar surface area (TPSA) is 81.2 Å². The zero-order valence-electron chi connectivity index (χ0n) is 15.8. The van der Waals surface area contributed by atoms with Crippen molar-refractivity contribution in [2.24, 2.45) is 0 Å². The number of amides is 1. The van der Waals surface area contributed by atoms with E-state index in [9.17, 15) is 9.59 Å². The van der Waals surface area contributed by atoms with Gasteiger partial charge in [0.2, 0.25) is 5.91 Å². The third-order valence-electron chi connectivity index (χ3n) is 4.42. The van der Waals surface area contributed by atoms with Gasteiger partial charge >= 0.3 is 5.97 Å². The summed E-state index contributed by atoms with van der Waals surface area (Å²) in [6.45, 7) is 2.09. The van der Waals surface area contributed by atoms with Crippen LogP contribution < -0.4 is 5.32 Å². The average Bonchev–Trinajstić information content (AvgIpc) is 3.44. The number of fused-ring (bicyclic) bond motifs is 1. The molecule has 150 valence electrons. The summed E-state index contributed by atoms with van der Waals surface area (Å²) in [6, 6.07) is 7.74. The maximum absolute atomic E-state index is 12.5. The molecule has 3 heterocycles. The molecule has 0 unspecified atom stereocenters. The van der Waals surface area contributed by atoms with Gasteiger partial charge < -0.3 is 10.1 Å². The molecule has 6 nitrogen and oxygen atoms in total. The molecular formula is C20H19N3O3S3. The lowest BCUT2D eigenvalue weighted by atomic mass is 10.1. The Labute approximate surface area is 180 Å². The van der Waals surface area contributed by atoms with Crippen molar-refractivity contribution in [3.63, 3.8) is 0 Å². The number of aromatic nitrogens is 2. The van der Waals surface area contributed by atoms with Gasteiger partial charge in [0.1, 0.15) is 15.7 Å². The predicted molar refractivity (Wildman–Crippen MR) is 117 cm³/mol. The SMILES string of the molecule is CCOC(=O)c1c(NC(=O)CSc2ccc(-c3cccs3)nn2)sc2c1CCC2. The molecule has 1 amide bonds. The Morgan fingerprint density at radius 1 is 1.24 bits per heavy atom. The average molecular weight is 446 g/mol. The molecule has 3 aromatic heterocycles. The highest BCUT2D eigenvalue weighted by molar-refractivity contribution is 7.99. The highest BCUT2D eigenvalue weighted by Gasteiger charge is 2.28. The molecule has 4 rings (SSSR count). The van der Waals surface area contributed by atoms with Crippen LogP contribution in [0, 0.1) is 0 Å². The molecule has 0 radical (unpaired) electrons. The fourth-order valence-electron chi connectivity index (χ4n) is 3.17. The number of esters is 1. The van der Waals surface area contributed by atoms with Gasteiger partial charge in [0.05, 0.1) is 22.8 Å². The first kappa shape index (κ1) is 20.1. The van der Waals surface area contributed by atoms with Crippen LogP contribution in [-0.2, 0) is 22.4 Å². The van der Waals surface area contributed by atoms with Crippen LogP contribution in [0.2, 0.25) is 0 Å². The zero-order valence-corrected chi connectivity index (χ0v) is 18.2. The quantitative estimate of drug-likeness (QED) is 0.421. The Bertz CT molecular complexity index is 1010. The molecule has 0 atom stereocenters. The lowest BCUT2D eigenvalue weighted by Gasteiger charge is -2.08. The molecular weight excluding hydrogens is 426 g/mol. The van der Waals surface area contributed by atoms with Crippen molar-refractivity contribution in [1.82, 2.24) is 10.2 Å². The van der Waals surface area contributed by atoms with Gasteiger partial charge in [-0.3, -0.25) is 4.79 Å². The molecule has 29 heavy (non-hydrogen) atoms. The van der Waals surface area contributed by atoms with Crippen LogP contribution in [0.1, 0.15) is 34.1 Å². The maximum Gasteiger partial charge on any atom is 0.341 e. The second-order valence-electron chi connectivity index (χ2n) is 6.35. The minimum atomic E-state index is -0.357. The van der Waals surface area contributed by atoms with E-state index in [0.29, 0.717) is 22.2 Å². The summed E-state index contributed by atoms with van der Waals surface area (Å²) in [5, 5.41) is 14.6. The van der Waals surface area contributed by atoms with E-state index in [-0.39, 0.29) is 17.6 Å². The number of thioether (sulfide) groups is 1. The molecule has 0 bridgehead atoms. The summed E-state index contributed by atoms with van der Waals surface area (Å²) in [4.78, 5) is 27.1. The van der Waals surface area contributed by atoms with E-state index in [1.54, 1.807) is 18.3 Å². The van der Waals surface area contributed by atoms with E-state index >= 15 is 0 Å². The Morgan fingerprint density at radius 3 is 2.86 bits per heavy atom. The summed E-state index contributed by atoms with van der Waals surface area (Å²) < 4.78 is 5.20. The third kappa shape index (κ3) is 4.52. The second kappa shape index (κ2) is 9.06. The van der Waals surface area contributed by atoms with E-state index in [2.05, 4.69) is 15.5 Å². The number of anilines is 1. The summed E-state index contributed by atoms with van der Waals surface area (Å²) in [6.07, 6.45) is 2.85. The first-order valence-corrected chi connectivity index (χ1v) is 12.0. The number of hydrogen-bond donors (Lipinski definition) is 1. The number of rotatable bonds is 7. The molecule has 0 saturated heterocycles. The largest absolute Gasteiger partial charge is 0.462 e. The van der Waals surface area contributed by atoms with E-state index in [0.717, 1.165) is 35.4 Å². The number of nitrogens with one attached hydrogen (secondary N) is 1. The maximum atomic E-state index is 12.5. The first-order valence-electron chi connectivity index (χ1n) is 9.27. The van der Waals surface area contributed by atoms with Gasteiger partial charge in [-0.1, -0.05) is 17.8 Å². The van der Waals surface area contributed by atoms with Crippen LogP contribution in [-0.4, -0.2) is 34.4 Å². The Balaban J connectivity index is 1.39. The summed E-state index contributed by atoms with van der Waals surface area (Å²) in [7, 11) is 0. The lowest BCUT2D eigenvalue weighted by molar-refractivity contribution is -0.113. The van der Waals surface area contributed by atoms with Crippen molar-refractivity contribution >= 4 is 51.3 Å². The molecule has 9 heteroatoms. The lowest BCUT2D eigenvalue weighted by Crippen LogP contribution is -2.16. The van der Waals surface area contributed by atoms with Crippen LogP contribution in [0.5, 0.6) is 0 Å². The van der Waals surface area contributed by atoms with E-state index < -0.39 is 0 Å². The van der Waals surface area contributed by atoms with Crippen LogP contribution in [0.25, 0.3) is 10.6 Å². The number of ether oxygens (including phenoxy) is 1. The number of aryl methyl sites for hydroxylation is 1. The smallest absolute Gasteiger partial charge is 0.341 e. The van der Waals surface area contributed by atoms with Crippen molar-refractivity contribution < 1.29 is 14.3 Å². The number of hydrogen-bond acceptors (Lipinski definition) is 8. The van der Waals surface area contributed by atoms with E-state index in [1.165, 1.54) is 28.0 Å². The van der Waals surface area contributed by atoms with Gasteiger partial charge in [-0.05, 0) is 55.3 Å². The van der Waals surface area contributed by atoms with Gasteiger partial charge in [0, 0.05) is 4.88 Å². The van der Waals surface area contributed by atoms with Gasteiger partial charge in [-0.2, -0.15) is 0 Å². The fraction of sp³-hybridized carbons (Fsp3) is 0.300. The minimum absolute atomic E-state index is 0.176. The summed E-state index contributed by atoms with van der Waals surface area (Å²) >= 11 is 4.41. The molecule has 1 aliphatic carbocycles. The van der Waals surface area contributed by atoms with Crippen molar-refractivity contribution in [3.05, 3.63) is 45.6 Å². The van der Waals surface area contributed by atoms with Crippen molar-refractivity contribution in [2.45, 2.75) is 31.2 Å². The van der Waals surface area contributed by atoms with E-state index in [1.807, 2.05) is 29.6 Å². The molecule has 0 aliphatic heterocycles. The minimum Gasteiger partial charge on any atom is -0.462 e. The van der Waals surface area contributed by atoms with Crippen LogP contribution in [0.3, 0.4) is 0 Å². The number of carbonyl (C=O) groups excluding carboxylic acids is 2. The van der Waals surface area contributed by atoms with Crippen molar-refractivity contribution in [3.8, 4) is 10.6 Å². The van der Waals surface area contributed by atoms with Gasteiger partial charge in [-0.15, -0.1) is 32.9 Å². The number of nitrogens with zero attached hydrogens (tertiary/aromatic N) is 2. The second-order valence-corrected chi connectivity index (χ2v) is 9.40. The predicted octanol–water partition coefficient (Wildman–Crippen LogP) is 4.66. The summed E-state index contributed by atoms with van der Waals surface area (Å²) in [5.74, 6) is -0.341. The fourth-order valence-corrected chi connectivity index (χ4v) is 5.76. The number of thiophene rings is 2. The van der Waals surface area contributed by atoms with Gasteiger partial charge in [0.15, 0.2) is 0 Å². The monoisotopic (exact) mass is 445 g/mol. The Kier molecular flexibility index (Phi) is 6.27. The van der Waals surface area contributed by atoms with Crippen LogP contribution >= 0.6 is 34.4 Å². The standard InChI is InChI=1S/C20H19N3O3S3/c1-2-26-20(25)18-12-5-3-6-14(12)29-19(18)21-16(24)11-28-17-9-8-13(22-23-17)15-7-4-10-27-15/h4,7-10H,2-3,5-6,11H2,1H3,(H,21,24). The van der Waals surface area contributed by atoms with Crippen molar-refractivity contribution in [2.75, 3.05) is 17.7 Å². The molecule has 1 aliphatic rings. The molecule has 0 saturated carbocycles. The first-order chi connectivity index (χ1) is 14.2. The van der Waals surface area contributed by atoms with Crippen LogP contribution in [0.4, 0.5) is 5.00 Å². The highest BCUT2D eigenvalue weighted by Crippen LogP contribution is 2.39. The molecule has 0 fully saturated rings. The van der Waals surface area contributed by atoms with Crippen LogP contribution in [0.15, 0.2) is 34.7 Å². The highest BCUT2D eigenvalue weighted by atomic mass is 32.2. The number of carbonyl (C=O) groups is 2. The molecule has 1 N–H and O–H groups in total. The summed E-state index contributed by atoms with van der Waals surface area (Å²) in [5.41, 5.74) is 2.38. The normalized spacial score (nSPS) is 12.6. The third-order valence-corrected chi connectivity index (χ3v) is 7.44. The molecule has 3 aromatic rings. The van der Waals surface area contributed by atoms with Crippen molar-refractivity contribution in [1.29, 1.82) is 0 Å². The van der Waals surface area contributed by atoms with Gasteiger partial charge in [0.25, 0.3) is 0 Å². The van der Waals surface area contributed by atoms with E-state index in [4.69, 9.17) is 4.74 Å².